The van der Waals surface area contributed by atoms with Crippen LogP contribution >= 0.6 is 0 Å². The number of nitrogens with zero attached hydrogens (tertiary/aromatic N) is 2. The largest absolute Gasteiger partial charge is 0.481 e. The van der Waals surface area contributed by atoms with Crippen LogP contribution in [0.5, 0.6) is 0 Å². The van der Waals surface area contributed by atoms with Crippen LogP contribution in [0.15, 0.2) is 36.7 Å². The van der Waals surface area contributed by atoms with Gasteiger partial charge in [-0.2, -0.15) is 0 Å². The van der Waals surface area contributed by atoms with Crippen LogP contribution in [0.3, 0.4) is 0 Å². The van der Waals surface area contributed by atoms with Crippen LogP contribution in [0.2, 0.25) is 0 Å². The topological polar surface area (TPSA) is 165 Å². The van der Waals surface area contributed by atoms with Crippen LogP contribution in [0.25, 0.3) is 11.1 Å². The first-order valence-corrected chi connectivity index (χ1v) is 11.8. The minimum atomic E-state index is -2.74. The number of carboxylic acids is 3. The molecule has 2 aromatic rings. The van der Waals surface area contributed by atoms with E-state index in [1.165, 1.54) is 24.8 Å². The summed E-state index contributed by atoms with van der Waals surface area (Å²) in [5.74, 6) is -4.78. The number of hydrogen-bond donors (Lipinski definition) is 4. The molecule has 0 bridgehead atoms. The Kier molecular flexibility index (Phi) is 8.41. The smallest absolute Gasteiger partial charge is 0.336 e. The number of benzene rings is 1. The van der Waals surface area contributed by atoms with Crippen molar-refractivity contribution in [3.05, 3.63) is 53.3 Å². The Hall–Kier alpha value is -3.79. The Morgan fingerprint density at radius 3 is 2.19 bits per heavy atom. The average molecular weight is 499 g/mol. The van der Waals surface area contributed by atoms with Gasteiger partial charge in [0.2, 0.25) is 0 Å². The normalized spacial score (nSPS) is 15.6. The molecule has 36 heavy (non-hydrogen) atoms. The van der Waals surface area contributed by atoms with Gasteiger partial charge in [-0.3, -0.25) is 19.4 Å². The Balaban J connectivity index is 0.000000240. The number of carbonyl (C=O) groups is 4. The van der Waals surface area contributed by atoms with Gasteiger partial charge < -0.3 is 25.3 Å². The number of carbonyl (C=O) groups excluding carboxylic acids is 1. The number of carboxylic acid groups (broad SMARTS) is 3. The summed E-state index contributed by atoms with van der Waals surface area (Å²) in [6.07, 6.45) is 7.53. The van der Waals surface area contributed by atoms with E-state index in [-0.39, 0.29) is 5.91 Å². The summed E-state index contributed by atoms with van der Waals surface area (Å²) in [7, 11) is 0. The lowest BCUT2D eigenvalue weighted by molar-refractivity contribution is -0.170. The molecule has 1 fully saturated rings. The minimum Gasteiger partial charge on any atom is -0.481 e. The van der Waals surface area contributed by atoms with Gasteiger partial charge in [-0.05, 0) is 48.6 Å². The van der Waals surface area contributed by atoms with Crippen molar-refractivity contribution in [3.8, 4) is 11.1 Å². The highest BCUT2D eigenvalue weighted by atomic mass is 16.4. The molecule has 10 nitrogen and oxygen atoms in total. The van der Waals surface area contributed by atoms with Crippen LogP contribution in [0.4, 0.5) is 0 Å². The van der Waals surface area contributed by atoms with Crippen molar-refractivity contribution in [2.24, 2.45) is 0 Å². The van der Waals surface area contributed by atoms with E-state index in [1.54, 1.807) is 6.20 Å². The van der Waals surface area contributed by atoms with Crippen LogP contribution in [-0.4, -0.2) is 65.8 Å². The molecule has 2 heterocycles. The summed E-state index contributed by atoms with van der Waals surface area (Å²) in [4.78, 5) is 49.7. The molecule has 4 rings (SSSR count). The maximum atomic E-state index is 12.9. The highest BCUT2D eigenvalue weighted by Crippen LogP contribution is 2.35. The number of rotatable bonds is 7. The van der Waals surface area contributed by atoms with Crippen LogP contribution in [0.1, 0.15) is 66.4 Å². The lowest BCUT2D eigenvalue weighted by atomic mass is 9.94. The molecule has 1 aromatic carbocycles. The van der Waals surface area contributed by atoms with E-state index in [2.05, 4.69) is 35.0 Å². The number of aromatic nitrogens is 1. The van der Waals surface area contributed by atoms with Crippen molar-refractivity contribution in [2.75, 3.05) is 0 Å². The predicted molar refractivity (Wildman–Crippen MR) is 128 cm³/mol. The molecule has 0 radical (unpaired) electrons. The molecule has 0 unspecified atom stereocenters. The number of hydrogen-bond acceptors (Lipinski definition) is 6. The van der Waals surface area contributed by atoms with Gasteiger partial charge in [-0.15, -0.1) is 0 Å². The first-order valence-electron chi connectivity index (χ1n) is 11.8. The third kappa shape index (κ3) is 6.25. The number of aliphatic carboxylic acids is 3. The second-order valence-electron chi connectivity index (χ2n) is 9.27. The van der Waals surface area contributed by atoms with Crippen LogP contribution in [-0.2, 0) is 20.9 Å². The first-order chi connectivity index (χ1) is 17.0. The maximum absolute atomic E-state index is 12.9. The van der Waals surface area contributed by atoms with E-state index in [4.69, 9.17) is 20.4 Å². The lowest BCUT2D eigenvalue weighted by Gasteiger charge is -2.30. The van der Waals surface area contributed by atoms with Crippen molar-refractivity contribution in [1.29, 1.82) is 0 Å². The highest BCUT2D eigenvalue weighted by molar-refractivity contribution is 6.00. The molecule has 4 N–H and O–H groups in total. The molecule has 0 atom stereocenters. The van der Waals surface area contributed by atoms with E-state index in [1.807, 2.05) is 12.3 Å². The summed E-state index contributed by atoms with van der Waals surface area (Å²) in [6, 6.07) is 8.77. The fourth-order valence-electron chi connectivity index (χ4n) is 4.79. The zero-order valence-electron chi connectivity index (χ0n) is 20.0. The Bertz CT molecular complexity index is 1130. The molecule has 1 amide bonds. The van der Waals surface area contributed by atoms with Crippen LogP contribution < -0.4 is 0 Å². The van der Waals surface area contributed by atoms with Gasteiger partial charge in [-0.1, -0.05) is 31.4 Å². The van der Waals surface area contributed by atoms with Gasteiger partial charge in [-0.25, -0.2) is 4.79 Å². The average Bonchev–Trinajstić information content (AvgIpc) is 3.16. The molecule has 2 aliphatic rings. The molecule has 10 heteroatoms. The highest BCUT2D eigenvalue weighted by Gasteiger charge is 2.40. The second kappa shape index (κ2) is 11.3. The van der Waals surface area contributed by atoms with Gasteiger partial charge in [0.25, 0.3) is 5.91 Å². The summed E-state index contributed by atoms with van der Waals surface area (Å²) in [6.45, 7) is 2.83. The molecule has 1 saturated carbocycles. The molecular formula is C26H30N2O8. The molecular weight excluding hydrogens is 468 g/mol. The molecule has 1 aromatic heterocycles. The third-order valence-electron chi connectivity index (χ3n) is 6.53. The fourth-order valence-corrected chi connectivity index (χ4v) is 4.79. The second-order valence-corrected chi connectivity index (χ2v) is 9.27. The van der Waals surface area contributed by atoms with E-state index < -0.39 is 36.4 Å². The summed E-state index contributed by atoms with van der Waals surface area (Å²) < 4.78 is 0. The molecule has 1 aliphatic carbocycles. The van der Waals surface area contributed by atoms with Gasteiger partial charge in [0.05, 0.1) is 12.8 Å². The van der Waals surface area contributed by atoms with E-state index >= 15 is 0 Å². The van der Waals surface area contributed by atoms with Crippen molar-refractivity contribution in [3.63, 3.8) is 0 Å². The Labute approximate surface area is 208 Å². The molecule has 1 aliphatic heterocycles. The van der Waals surface area contributed by atoms with Gasteiger partial charge in [0, 0.05) is 36.1 Å². The lowest BCUT2D eigenvalue weighted by Crippen LogP contribution is -2.42. The SMILES string of the molecule is Cc1cc(-c2cccnc2)cc2c1C(=O)N(C1CCCCC1)C2.O=C(O)CC(O)(CC(=O)O)C(=O)O. The first kappa shape index (κ1) is 26.8. The van der Waals surface area contributed by atoms with Gasteiger partial charge in [0.1, 0.15) is 0 Å². The number of fused-ring (bicyclic) bond motifs is 1. The summed E-state index contributed by atoms with van der Waals surface area (Å²) >= 11 is 0. The minimum absolute atomic E-state index is 0.238. The van der Waals surface area contributed by atoms with Gasteiger partial charge in [0.15, 0.2) is 5.60 Å². The fraction of sp³-hybridized carbons (Fsp3) is 0.423. The van der Waals surface area contributed by atoms with Crippen molar-refractivity contribution >= 4 is 23.8 Å². The maximum Gasteiger partial charge on any atom is 0.336 e. The zero-order valence-corrected chi connectivity index (χ0v) is 20.0. The van der Waals surface area contributed by atoms with Crippen molar-refractivity contribution < 1.29 is 39.6 Å². The number of aryl methyl sites for hydroxylation is 1. The predicted octanol–water partition coefficient (Wildman–Crippen LogP) is 3.10. The number of pyridine rings is 1. The molecule has 0 saturated heterocycles. The standard InChI is InChI=1S/C20H22N2O.C6H8O7/c1-14-10-16(15-6-5-9-21-12-15)11-17-13-22(20(23)19(14)17)18-7-3-2-4-8-18;7-3(8)1-6(13,5(11)12)2-4(9)10/h5-6,9-12,18H,2-4,7-8,13H2,1H3;13H,1-2H2,(H,7,8)(H,9,10)(H,11,12). The van der Waals surface area contributed by atoms with E-state index in [0.29, 0.717) is 6.04 Å². The summed E-state index contributed by atoms with van der Waals surface area (Å²) in [5, 5.41) is 33.8. The van der Waals surface area contributed by atoms with Crippen molar-refractivity contribution in [2.45, 2.75) is 70.1 Å². The third-order valence-corrected chi connectivity index (χ3v) is 6.53. The summed E-state index contributed by atoms with van der Waals surface area (Å²) in [5.41, 5.74) is 2.74. The quantitative estimate of drug-likeness (QED) is 0.449. The monoisotopic (exact) mass is 498 g/mol. The number of amides is 1. The zero-order chi connectivity index (χ0) is 26.5. The molecule has 192 valence electrons. The Morgan fingerprint density at radius 2 is 1.67 bits per heavy atom. The van der Waals surface area contributed by atoms with Gasteiger partial charge >= 0.3 is 17.9 Å². The molecule has 0 spiro atoms. The van der Waals surface area contributed by atoms with Crippen LogP contribution in [0, 0.1) is 6.92 Å². The van der Waals surface area contributed by atoms with E-state index in [9.17, 15) is 19.2 Å². The van der Waals surface area contributed by atoms with Crippen molar-refractivity contribution in [1.82, 2.24) is 9.88 Å². The number of aliphatic hydroxyl groups is 1. The van der Waals surface area contributed by atoms with E-state index in [0.717, 1.165) is 41.6 Å². The Morgan fingerprint density at radius 1 is 1.03 bits per heavy atom.